The predicted molar refractivity (Wildman–Crippen MR) is 79.0 cm³/mol. The maximum Gasteiger partial charge on any atom is 0.250 e. The molecule has 0 fully saturated rings. The zero-order chi connectivity index (χ0) is 14.2. The second kappa shape index (κ2) is 5.37. The lowest BCUT2D eigenvalue weighted by Gasteiger charge is -2.06. The Morgan fingerprint density at radius 2 is 2.15 bits per heavy atom. The molecule has 0 atom stereocenters. The second-order valence-corrected chi connectivity index (χ2v) is 8.13. The molecule has 0 bridgehead atoms. The van der Waals surface area contributed by atoms with Gasteiger partial charge in [-0.3, -0.25) is 0 Å². The number of benzene rings is 1. The summed E-state index contributed by atoms with van der Waals surface area (Å²) >= 11 is 6.80. The Kier molecular flexibility index (Phi) is 3.72. The van der Waals surface area contributed by atoms with Gasteiger partial charge in [0.05, 0.1) is 10.9 Å². The zero-order valence-electron chi connectivity index (χ0n) is 10.4. The fourth-order valence-corrected chi connectivity index (χ4v) is 4.59. The third-order valence-corrected chi connectivity index (χ3v) is 6.16. The third-order valence-electron chi connectivity index (χ3n) is 3.03. The van der Waals surface area contributed by atoms with Crippen molar-refractivity contribution in [3.8, 4) is 5.75 Å². The van der Waals surface area contributed by atoms with Crippen LogP contribution < -0.4 is 9.46 Å². The van der Waals surface area contributed by atoms with Crippen molar-refractivity contribution in [1.29, 1.82) is 0 Å². The lowest BCUT2D eigenvalue weighted by Crippen LogP contribution is -2.22. The highest BCUT2D eigenvalue weighted by molar-refractivity contribution is 7.91. The van der Waals surface area contributed by atoms with Crippen LogP contribution in [0, 0.1) is 0 Å². The minimum Gasteiger partial charge on any atom is -0.493 e. The molecule has 0 unspecified atom stereocenters. The highest BCUT2D eigenvalue weighted by Gasteiger charge is 2.17. The van der Waals surface area contributed by atoms with E-state index in [4.69, 9.17) is 16.3 Å². The molecule has 0 amide bonds. The minimum absolute atomic E-state index is 0.229. The number of ether oxygens (including phenoxy) is 1. The molecule has 2 aromatic rings. The highest BCUT2D eigenvalue weighted by Crippen LogP contribution is 2.27. The first-order chi connectivity index (χ1) is 9.54. The van der Waals surface area contributed by atoms with Gasteiger partial charge in [0, 0.05) is 13.0 Å². The summed E-state index contributed by atoms with van der Waals surface area (Å²) in [6.07, 6.45) is 0.871. The average molecular weight is 330 g/mol. The molecule has 0 spiro atoms. The summed E-state index contributed by atoms with van der Waals surface area (Å²) in [4.78, 5) is 0. The van der Waals surface area contributed by atoms with Gasteiger partial charge in [-0.25, -0.2) is 13.1 Å². The van der Waals surface area contributed by atoms with Crippen molar-refractivity contribution in [2.75, 3.05) is 6.61 Å². The van der Waals surface area contributed by atoms with Crippen molar-refractivity contribution in [2.45, 2.75) is 17.2 Å². The van der Waals surface area contributed by atoms with E-state index >= 15 is 0 Å². The van der Waals surface area contributed by atoms with E-state index in [0.29, 0.717) is 10.9 Å². The van der Waals surface area contributed by atoms with Crippen molar-refractivity contribution in [1.82, 2.24) is 4.72 Å². The van der Waals surface area contributed by atoms with E-state index in [2.05, 4.69) is 4.72 Å². The molecular formula is C13H12ClNO3S2. The first-order valence-corrected chi connectivity index (χ1v) is 8.72. The SMILES string of the molecule is O=S(=O)(NCc1ccc2c(c1)CCO2)c1ccc(Cl)s1. The monoisotopic (exact) mass is 329 g/mol. The van der Waals surface area contributed by atoms with Gasteiger partial charge in [0.25, 0.3) is 0 Å². The van der Waals surface area contributed by atoms with Crippen LogP contribution in [0.3, 0.4) is 0 Å². The molecule has 0 radical (unpaired) electrons. The number of hydrogen-bond donors (Lipinski definition) is 1. The summed E-state index contributed by atoms with van der Waals surface area (Å²) in [5.41, 5.74) is 2.04. The van der Waals surface area contributed by atoms with Crippen LogP contribution in [0.25, 0.3) is 0 Å². The van der Waals surface area contributed by atoms with E-state index in [1.807, 2.05) is 18.2 Å². The summed E-state index contributed by atoms with van der Waals surface area (Å²) in [6, 6.07) is 8.81. The number of sulfonamides is 1. The molecule has 20 heavy (non-hydrogen) atoms. The van der Waals surface area contributed by atoms with E-state index in [0.717, 1.165) is 34.6 Å². The second-order valence-electron chi connectivity index (χ2n) is 4.42. The van der Waals surface area contributed by atoms with Crippen LogP contribution in [0.2, 0.25) is 4.34 Å². The molecule has 7 heteroatoms. The van der Waals surface area contributed by atoms with E-state index in [9.17, 15) is 8.42 Å². The fourth-order valence-electron chi connectivity index (χ4n) is 2.04. The summed E-state index contributed by atoms with van der Waals surface area (Å²) in [7, 11) is -3.50. The van der Waals surface area contributed by atoms with Crippen molar-refractivity contribution < 1.29 is 13.2 Å². The maximum absolute atomic E-state index is 12.1. The van der Waals surface area contributed by atoms with Crippen LogP contribution in [0.15, 0.2) is 34.5 Å². The van der Waals surface area contributed by atoms with Gasteiger partial charge in [0.1, 0.15) is 9.96 Å². The van der Waals surface area contributed by atoms with Crippen LogP contribution in [-0.2, 0) is 23.0 Å². The van der Waals surface area contributed by atoms with Gasteiger partial charge in [0.2, 0.25) is 10.0 Å². The molecule has 0 saturated carbocycles. The largest absolute Gasteiger partial charge is 0.493 e. The Labute approximate surface area is 126 Å². The molecule has 2 heterocycles. The van der Waals surface area contributed by atoms with Gasteiger partial charge in [-0.15, -0.1) is 11.3 Å². The molecule has 1 N–H and O–H groups in total. The van der Waals surface area contributed by atoms with Gasteiger partial charge >= 0.3 is 0 Å². The number of hydrogen-bond acceptors (Lipinski definition) is 4. The highest BCUT2D eigenvalue weighted by atomic mass is 35.5. The Morgan fingerprint density at radius 1 is 1.30 bits per heavy atom. The van der Waals surface area contributed by atoms with Crippen molar-refractivity contribution in [2.24, 2.45) is 0 Å². The summed E-state index contributed by atoms with van der Waals surface area (Å²) < 4.78 is 32.8. The number of nitrogens with one attached hydrogen (secondary N) is 1. The Hall–Kier alpha value is -1.08. The van der Waals surface area contributed by atoms with Crippen LogP contribution in [0.4, 0.5) is 0 Å². The lowest BCUT2D eigenvalue weighted by molar-refractivity contribution is 0.357. The lowest BCUT2D eigenvalue weighted by atomic mass is 10.1. The molecule has 106 valence electrons. The summed E-state index contributed by atoms with van der Waals surface area (Å²) in [5, 5.41) is 0. The smallest absolute Gasteiger partial charge is 0.250 e. The van der Waals surface area contributed by atoms with Gasteiger partial charge in [-0.1, -0.05) is 23.7 Å². The topological polar surface area (TPSA) is 55.4 Å². The van der Waals surface area contributed by atoms with E-state index in [1.165, 1.54) is 6.07 Å². The van der Waals surface area contributed by atoms with Crippen LogP contribution in [0.5, 0.6) is 5.75 Å². The Balaban J connectivity index is 1.73. The Bertz CT molecular complexity index is 740. The molecule has 0 aliphatic carbocycles. The molecular weight excluding hydrogens is 318 g/mol. The van der Waals surface area contributed by atoms with E-state index in [1.54, 1.807) is 6.07 Å². The van der Waals surface area contributed by atoms with Crippen molar-refractivity contribution in [3.05, 3.63) is 45.8 Å². The molecule has 3 rings (SSSR count). The van der Waals surface area contributed by atoms with Gasteiger partial charge in [0.15, 0.2) is 0 Å². The van der Waals surface area contributed by atoms with Crippen molar-refractivity contribution in [3.63, 3.8) is 0 Å². The van der Waals surface area contributed by atoms with E-state index < -0.39 is 10.0 Å². The molecule has 1 aliphatic heterocycles. The summed E-state index contributed by atoms with van der Waals surface area (Å²) in [5.74, 6) is 0.890. The standard InChI is InChI=1S/C13H12ClNO3S2/c14-12-3-4-13(19-12)20(16,17)15-8-9-1-2-11-10(7-9)5-6-18-11/h1-4,7,15H,5-6,8H2. The van der Waals surface area contributed by atoms with Crippen LogP contribution in [-0.4, -0.2) is 15.0 Å². The van der Waals surface area contributed by atoms with Crippen LogP contribution >= 0.6 is 22.9 Å². The molecule has 1 aliphatic rings. The van der Waals surface area contributed by atoms with Gasteiger partial charge in [-0.2, -0.15) is 0 Å². The minimum atomic E-state index is -3.50. The number of thiophene rings is 1. The van der Waals surface area contributed by atoms with Gasteiger partial charge < -0.3 is 4.74 Å². The number of rotatable bonds is 4. The van der Waals surface area contributed by atoms with E-state index in [-0.39, 0.29) is 10.8 Å². The molecule has 1 aromatic carbocycles. The van der Waals surface area contributed by atoms with Crippen molar-refractivity contribution >= 4 is 33.0 Å². The number of halogens is 1. The zero-order valence-corrected chi connectivity index (χ0v) is 12.8. The molecule has 4 nitrogen and oxygen atoms in total. The first-order valence-electron chi connectivity index (χ1n) is 6.04. The normalized spacial score (nSPS) is 14.1. The first kappa shape index (κ1) is 13.9. The average Bonchev–Trinajstić information content (AvgIpc) is 3.04. The quantitative estimate of drug-likeness (QED) is 0.938. The number of fused-ring (bicyclic) bond motifs is 1. The fraction of sp³-hybridized carbons (Fsp3) is 0.231. The van der Waals surface area contributed by atoms with Gasteiger partial charge in [-0.05, 0) is 29.3 Å². The molecule has 1 aromatic heterocycles. The predicted octanol–water partition coefficient (Wildman–Crippen LogP) is 2.81. The summed E-state index contributed by atoms with van der Waals surface area (Å²) in [6.45, 7) is 0.948. The molecule has 0 saturated heterocycles. The maximum atomic E-state index is 12.1. The third kappa shape index (κ3) is 2.83. The van der Waals surface area contributed by atoms with Crippen LogP contribution in [0.1, 0.15) is 11.1 Å². The Morgan fingerprint density at radius 3 is 2.90 bits per heavy atom.